The first kappa shape index (κ1) is 24.0. The molecule has 35 heavy (non-hydrogen) atoms. The van der Waals surface area contributed by atoms with Gasteiger partial charge in [-0.15, -0.1) is 16.4 Å². The molecule has 3 aliphatic carbocycles. The number of hydrogen-bond acceptors (Lipinski definition) is 7. The zero-order valence-corrected chi connectivity index (χ0v) is 21.4. The van der Waals surface area contributed by atoms with Crippen molar-refractivity contribution in [2.24, 2.45) is 11.8 Å². The van der Waals surface area contributed by atoms with Gasteiger partial charge in [0.2, 0.25) is 0 Å². The fraction of sp³-hybridized carbons (Fsp3) is 0.640. The van der Waals surface area contributed by atoms with E-state index in [4.69, 9.17) is 4.74 Å². The summed E-state index contributed by atoms with van der Waals surface area (Å²) in [5, 5.41) is 14.1. The molecule has 0 saturated heterocycles. The number of amides is 2. The van der Waals surface area contributed by atoms with Gasteiger partial charge in [0, 0.05) is 28.6 Å². The van der Waals surface area contributed by atoms with Crippen LogP contribution in [0.1, 0.15) is 84.6 Å². The van der Waals surface area contributed by atoms with Gasteiger partial charge in [0.1, 0.15) is 11.4 Å². The van der Waals surface area contributed by atoms with E-state index in [9.17, 15) is 14.4 Å². The number of ketones is 1. The van der Waals surface area contributed by atoms with Gasteiger partial charge in [-0.3, -0.25) is 14.9 Å². The first-order valence-corrected chi connectivity index (χ1v) is 13.3. The van der Waals surface area contributed by atoms with Crippen molar-refractivity contribution in [2.45, 2.75) is 83.8 Å². The quantitative estimate of drug-likeness (QED) is 0.566. The van der Waals surface area contributed by atoms with Crippen molar-refractivity contribution in [3.8, 4) is 0 Å². The molecular weight excluding hydrogens is 466 g/mol. The maximum atomic E-state index is 13.3. The summed E-state index contributed by atoms with van der Waals surface area (Å²) in [4.78, 5) is 40.3. The topological polar surface area (TPSA) is 115 Å². The van der Waals surface area contributed by atoms with Gasteiger partial charge in [-0.25, -0.2) is 9.48 Å². The first-order valence-electron chi connectivity index (χ1n) is 12.5. The lowest BCUT2D eigenvalue weighted by molar-refractivity contribution is -0.119. The normalized spacial score (nSPS) is 19.7. The molecule has 0 aromatic carbocycles. The summed E-state index contributed by atoms with van der Waals surface area (Å²) in [5.74, 6) is 1.39. The van der Waals surface area contributed by atoms with Gasteiger partial charge in [0.05, 0.1) is 17.8 Å². The lowest BCUT2D eigenvalue weighted by Gasteiger charge is -2.25. The Labute approximate surface area is 209 Å². The molecule has 0 spiro atoms. The van der Waals surface area contributed by atoms with Crippen molar-refractivity contribution in [3.05, 3.63) is 27.1 Å². The standard InChI is InChI=1S/C25H33N5O4S/c1-25(2,3)34-24(33)28-21-13-27-29-30(21)16-8-9-19-17(10-16)22(23(32)26-12-14-4-5-14)20(35-19)11-18(31)15-6-7-15/h13-16H,4-12H2,1-3H3,(H,26,32)(H,28,33)/t16-/m0/s1. The number of aryl methyl sites for hydroxylation is 1. The number of fused-ring (bicyclic) bond motifs is 1. The molecule has 2 aromatic rings. The van der Waals surface area contributed by atoms with Crippen LogP contribution in [0.25, 0.3) is 0 Å². The highest BCUT2D eigenvalue weighted by Gasteiger charge is 2.35. The van der Waals surface area contributed by atoms with Crippen molar-refractivity contribution in [1.82, 2.24) is 20.3 Å². The summed E-state index contributed by atoms with van der Waals surface area (Å²) in [7, 11) is 0. The average Bonchev–Trinajstić information content (AvgIpc) is 3.70. The SMILES string of the molecule is CC(C)(C)OC(=O)Nc1cnnn1[C@H]1CCc2sc(CC(=O)C3CC3)c(C(=O)NCC3CC3)c2C1. The van der Waals surface area contributed by atoms with Gasteiger partial charge in [0.15, 0.2) is 5.82 Å². The van der Waals surface area contributed by atoms with Gasteiger partial charge in [-0.2, -0.15) is 0 Å². The highest BCUT2D eigenvalue weighted by molar-refractivity contribution is 7.12. The Morgan fingerprint density at radius 3 is 2.63 bits per heavy atom. The monoisotopic (exact) mass is 499 g/mol. The molecule has 2 heterocycles. The molecule has 188 valence electrons. The fourth-order valence-electron chi connectivity index (χ4n) is 4.59. The van der Waals surface area contributed by atoms with Crippen LogP contribution in [0.15, 0.2) is 6.20 Å². The number of hydrogen-bond donors (Lipinski definition) is 2. The molecule has 5 rings (SSSR count). The van der Waals surface area contributed by atoms with Crippen molar-refractivity contribution >= 4 is 34.9 Å². The van der Waals surface area contributed by atoms with E-state index in [-0.39, 0.29) is 23.7 Å². The van der Waals surface area contributed by atoms with Crippen LogP contribution in [0.2, 0.25) is 0 Å². The Hall–Kier alpha value is -2.75. The number of ether oxygens (including phenoxy) is 1. The molecule has 9 nitrogen and oxygen atoms in total. The number of nitrogens with zero attached hydrogens (tertiary/aromatic N) is 3. The van der Waals surface area contributed by atoms with Crippen molar-refractivity contribution in [3.63, 3.8) is 0 Å². The predicted molar refractivity (Wildman–Crippen MR) is 132 cm³/mol. The molecule has 0 bridgehead atoms. The summed E-state index contributed by atoms with van der Waals surface area (Å²) in [6, 6.07) is -0.0634. The van der Waals surface area contributed by atoms with Crippen LogP contribution >= 0.6 is 11.3 Å². The number of thiophene rings is 1. The summed E-state index contributed by atoms with van der Waals surface area (Å²) in [6.45, 7) is 6.12. The highest BCUT2D eigenvalue weighted by atomic mass is 32.1. The zero-order chi connectivity index (χ0) is 24.7. The number of rotatable bonds is 8. The van der Waals surface area contributed by atoms with Crippen LogP contribution in [0.3, 0.4) is 0 Å². The van der Waals surface area contributed by atoms with Crippen LogP contribution in [-0.2, 0) is 28.8 Å². The van der Waals surface area contributed by atoms with Crippen LogP contribution in [0.4, 0.5) is 10.6 Å². The molecule has 2 aromatic heterocycles. The largest absolute Gasteiger partial charge is 0.444 e. The maximum absolute atomic E-state index is 13.3. The van der Waals surface area contributed by atoms with Crippen molar-refractivity contribution < 1.29 is 19.1 Å². The third-order valence-corrected chi connectivity index (χ3v) is 7.99. The molecule has 0 radical (unpaired) electrons. The Balaban J connectivity index is 1.37. The Morgan fingerprint density at radius 2 is 1.94 bits per heavy atom. The molecule has 2 amide bonds. The number of Topliss-reactive ketones (excluding diaryl/α,β-unsaturated/α-hetero) is 1. The van der Waals surface area contributed by atoms with Crippen LogP contribution < -0.4 is 10.6 Å². The minimum atomic E-state index is -0.615. The van der Waals surface area contributed by atoms with E-state index >= 15 is 0 Å². The summed E-state index contributed by atoms with van der Waals surface area (Å²) >= 11 is 1.62. The van der Waals surface area contributed by atoms with E-state index in [1.807, 2.05) is 20.8 Å². The summed E-state index contributed by atoms with van der Waals surface area (Å²) in [5.41, 5.74) is 1.08. The minimum absolute atomic E-state index is 0.0634. The molecule has 1 atom stereocenters. The van der Waals surface area contributed by atoms with Gasteiger partial charge < -0.3 is 10.1 Å². The van der Waals surface area contributed by atoms with Gasteiger partial charge in [0.25, 0.3) is 5.91 Å². The molecule has 3 aliphatic rings. The number of aromatic nitrogens is 3. The van der Waals surface area contributed by atoms with E-state index < -0.39 is 11.7 Å². The summed E-state index contributed by atoms with van der Waals surface area (Å²) in [6.07, 6.45) is 7.74. The van der Waals surface area contributed by atoms with Crippen molar-refractivity contribution in [1.29, 1.82) is 0 Å². The van der Waals surface area contributed by atoms with Gasteiger partial charge in [-0.05, 0) is 77.2 Å². The predicted octanol–water partition coefficient (Wildman–Crippen LogP) is 4.08. The molecule has 0 unspecified atom stereocenters. The molecule has 2 saturated carbocycles. The maximum Gasteiger partial charge on any atom is 0.413 e. The van der Waals surface area contributed by atoms with Crippen LogP contribution in [-0.4, -0.2) is 44.9 Å². The third-order valence-electron chi connectivity index (χ3n) is 6.70. The van der Waals surface area contributed by atoms with Gasteiger partial charge in [-0.1, -0.05) is 5.21 Å². The van der Waals surface area contributed by atoms with E-state index in [1.165, 1.54) is 11.1 Å². The molecule has 10 heteroatoms. The van der Waals surface area contributed by atoms with Crippen LogP contribution in [0.5, 0.6) is 0 Å². The first-order chi connectivity index (χ1) is 16.7. The number of carbonyl (C=O) groups excluding carboxylic acids is 3. The number of anilines is 1. The Kier molecular flexibility index (Phi) is 6.41. The van der Waals surface area contributed by atoms with E-state index in [0.717, 1.165) is 49.0 Å². The fourth-order valence-corrected chi connectivity index (χ4v) is 5.94. The number of carbonyl (C=O) groups is 3. The lowest BCUT2D eigenvalue weighted by atomic mass is 9.90. The Bertz CT molecular complexity index is 1140. The van der Waals surface area contributed by atoms with Crippen molar-refractivity contribution in [2.75, 3.05) is 11.9 Å². The Morgan fingerprint density at radius 1 is 1.17 bits per heavy atom. The molecular formula is C25H33N5O4S. The van der Waals surface area contributed by atoms with E-state index in [1.54, 1.807) is 16.0 Å². The van der Waals surface area contributed by atoms with E-state index in [2.05, 4.69) is 20.9 Å². The van der Waals surface area contributed by atoms with E-state index in [0.29, 0.717) is 36.7 Å². The second-order valence-electron chi connectivity index (χ2n) is 11.0. The number of nitrogens with one attached hydrogen (secondary N) is 2. The average molecular weight is 500 g/mol. The lowest BCUT2D eigenvalue weighted by Crippen LogP contribution is -2.30. The second-order valence-corrected chi connectivity index (χ2v) is 12.1. The highest BCUT2D eigenvalue weighted by Crippen LogP contribution is 2.40. The summed E-state index contributed by atoms with van der Waals surface area (Å²) < 4.78 is 7.09. The minimum Gasteiger partial charge on any atom is -0.444 e. The second kappa shape index (κ2) is 9.37. The van der Waals surface area contributed by atoms with Gasteiger partial charge >= 0.3 is 6.09 Å². The third kappa shape index (κ3) is 5.74. The molecule has 2 N–H and O–H groups in total. The molecule has 0 aliphatic heterocycles. The molecule has 2 fully saturated rings. The van der Waals surface area contributed by atoms with Crippen LogP contribution in [0, 0.1) is 11.8 Å². The zero-order valence-electron chi connectivity index (χ0n) is 20.6. The smallest absolute Gasteiger partial charge is 0.413 e.